The standard InChI is InChI=1S/C14H13N3O2/c1-14(2,3)13-16-9-8-7(5-4-6-15-8)11(18)12(19)10(9)17-13/h4-6H,1-3H3,(H,16,17). The zero-order chi connectivity index (χ0) is 13.8. The summed E-state index contributed by atoms with van der Waals surface area (Å²) in [6.07, 6.45) is 1.59. The van der Waals surface area contributed by atoms with Crippen LogP contribution in [-0.2, 0) is 5.41 Å². The third-order valence-electron chi connectivity index (χ3n) is 3.12. The Morgan fingerprint density at radius 1 is 1.11 bits per heavy atom. The number of hydrogen-bond acceptors (Lipinski definition) is 4. The summed E-state index contributed by atoms with van der Waals surface area (Å²) in [4.78, 5) is 35.7. The molecule has 19 heavy (non-hydrogen) atoms. The van der Waals surface area contributed by atoms with Gasteiger partial charge < -0.3 is 4.98 Å². The fourth-order valence-electron chi connectivity index (χ4n) is 2.08. The van der Waals surface area contributed by atoms with E-state index in [2.05, 4.69) is 15.0 Å². The summed E-state index contributed by atoms with van der Waals surface area (Å²) >= 11 is 0. The monoisotopic (exact) mass is 255 g/mol. The van der Waals surface area contributed by atoms with Crippen LogP contribution < -0.4 is 0 Å². The molecular weight excluding hydrogens is 242 g/mol. The lowest BCUT2D eigenvalue weighted by Gasteiger charge is -2.13. The first kappa shape index (κ1) is 11.8. The van der Waals surface area contributed by atoms with E-state index in [9.17, 15) is 9.59 Å². The number of imidazole rings is 1. The average molecular weight is 255 g/mol. The average Bonchev–Trinajstić information content (AvgIpc) is 2.81. The topological polar surface area (TPSA) is 75.7 Å². The molecule has 1 aliphatic carbocycles. The third-order valence-corrected chi connectivity index (χ3v) is 3.12. The van der Waals surface area contributed by atoms with Crippen molar-refractivity contribution >= 4 is 11.6 Å². The normalized spacial score (nSPS) is 14.3. The molecule has 0 amide bonds. The van der Waals surface area contributed by atoms with Gasteiger partial charge in [0.25, 0.3) is 5.78 Å². The van der Waals surface area contributed by atoms with Crippen LogP contribution in [0.4, 0.5) is 0 Å². The van der Waals surface area contributed by atoms with E-state index in [-0.39, 0.29) is 11.1 Å². The van der Waals surface area contributed by atoms with Gasteiger partial charge >= 0.3 is 0 Å². The second-order valence-corrected chi connectivity index (χ2v) is 5.62. The Balaban J connectivity index is 2.30. The highest BCUT2D eigenvalue weighted by Gasteiger charge is 2.35. The summed E-state index contributed by atoms with van der Waals surface area (Å²) in [5.74, 6) is -0.393. The maximum atomic E-state index is 12.1. The van der Waals surface area contributed by atoms with E-state index in [1.807, 2.05) is 20.8 Å². The van der Waals surface area contributed by atoms with Crippen molar-refractivity contribution in [1.29, 1.82) is 0 Å². The molecule has 0 spiro atoms. The molecule has 0 fully saturated rings. The molecule has 1 N–H and O–H groups in total. The number of ketones is 2. The van der Waals surface area contributed by atoms with Crippen LogP contribution in [0.3, 0.4) is 0 Å². The van der Waals surface area contributed by atoms with Gasteiger partial charge in [-0.2, -0.15) is 0 Å². The Hall–Kier alpha value is -2.30. The van der Waals surface area contributed by atoms with Gasteiger partial charge in [0.2, 0.25) is 5.78 Å². The number of hydrogen-bond donors (Lipinski definition) is 1. The van der Waals surface area contributed by atoms with Crippen LogP contribution in [-0.4, -0.2) is 26.5 Å². The van der Waals surface area contributed by atoms with Crippen molar-refractivity contribution in [2.45, 2.75) is 26.2 Å². The van der Waals surface area contributed by atoms with Crippen LogP contribution in [0.25, 0.3) is 11.4 Å². The lowest BCUT2D eigenvalue weighted by atomic mass is 9.94. The van der Waals surface area contributed by atoms with Crippen LogP contribution in [0.1, 0.15) is 47.4 Å². The van der Waals surface area contributed by atoms with Crippen LogP contribution in [0.15, 0.2) is 18.3 Å². The summed E-state index contributed by atoms with van der Waals surface area (Å²) in [6.45, 7) is 5.97. The van der Waals surface area contributed by atoms with Gasteiger partial charge in [-0.15, -0.1) is 0 Å². The van der Waals surface area contributed by atoms with Crippen molar-refractivity contribution in [2.24, 2.45) is 0 Å². The summed E-state index contributed by atoms with van der Waals surface area (Å²) in [5, 5.41) is 0. The van der Waals surface area contributed by atoms with Crippen molar-refractivity contribution in [2.75, 3.05) is 0 Å². The highest BCUT2D eigenvalue weighted by molar-refractivity contribution is 6.52. The minimum atomic E-state index is -0.543. The fourth-order valence-corrected chi connectivity index (χ4v) is 2.08. The number of carbonyl (C=O) groups is 2. The predicted molar refractivity (Wildman–Crippen MR) is 69.2 cm³/mol. The predicted octanol–water partition coefficient (Wildman–Crippen LogP) is 2.15. The number of rotatable bonds is 0. The SMILES string of the molecule is CC(C)(C)c1nc2c([nH]1)C(=O)C(=O)c1cccnc1-2. The lowest BCUT2D eigenvalue weighted by molar-refractivity contribution is 0.0812. The van der Waals surface area contributed by atoms with Gasteiger partial charge in [0.05, 0.1) is 5.56 Å². The molecule has 2 aromatic heterocycles. The first-order valence-electron chi connectivity index (χ1n) is 6.04. The molecule has 2 aromatic rings. The number of Topliss-reactive ketones (excluding diaryl/α,β-unsaturated/α-hetero) is 2. The largest absolute Gasteiger partial charge is 0.338 e. The maximum absolute atomic E-state index is 12.1. The highest BCUT2D eigenvalue weighted by atomic mass is 16.2. The Morgan fingerprint density at radius 3 is 2.53 bits per heavy atom. The Kier molecular flexibility index (Phi) is 2.23. The number of carbonyl (C=O) groups excluding carboxylic acids is 2. The second-order valence-electron chi connectivity index (χ2n) is 5.62. The molecular formula is C14H13N3O2. The second kappa shape index (κ2) is 3.60. The number of aromatic amines is 1. The van der Waals surface area contributed by atoms with E-state index in [1.165, 1.54) is 0 Å². The minimum Gasteiger partial charge on any atom is -0.338 e. The summed E-state index contributed by atoms with van der Waals surface area (Å²) in [6, 6.07) is 3.25. The van der Waals surface area contributed by atoms with E-state index in [1.54, 1.807) is 18.3 Å². The van der Waals surface area contributed by atoms with Crippen LogP contribution in [0, 0.1) is 0 Å². The number of fused-ring (bicyclic) bond motifs is 3. The summed E-state index contributed by atoms with van der Waals surface area (Å²) < 4.78 is 0. The van der Waals surface area contributed by atoms with E-state index in [0.717, 1.165) is 0 Å². The van der Waals surface area contributed by atoms with Crippen molar-refractivity contribution in [3.8, 4) is 11.4 Å². The molecule has 3 rings (SSSR count). The molecule has 0 radical (unpaired) electrons. The van der Waals surface area contributed by atoms with E-state index in [0.29, 0.717) is 22.8 Å². The van der Waals surface area contributed by atoms with Crippen molar-refractivity contribution in [3.63, 3.8) is 0 Å². The summed E-state index contributed by atoms with van der Waals surface area (Å²) in [7, 11) is 0. The molecule has 0 saturated carbocycles. The maximum Gasteiger partial charge on any atom is 0.252 e. The molecule has 0 aromatic carbocycles. The Morgan fingerprint density at radius 2 is 1.84 bits per heavy atom. The zero-order valence-electron chi connectivity index (χ0n) is 10.9. The molecule has 5 nitrogen and oxygen atoms in total. The molecule has 0 aliphatic heterocycles. The highest BCUT2D eigenvalue weighted by Crippen LogP contribution is 2.32. The van der Waals surface area contributed by atoms with Gasteiger partial charge in [-0.05, 0) is 12.1 Å². The zero-order valence-corrected chi connectivity index (χ0v) is 10.9. The molecule has 2 heterocycles. The smallest absolute Gasteiger partial charge is 0.252 e. The number of H-pyrrole nitrogens is 1. The van der Waals surface area contributed by atoms with Gasteiger partial charge in [0, 0.05) is 11.6 Å². The van der Waals surface area contributed by atoms with E-state index < -0.39 is 11.6 Å². The number of nitrogens with one attached hydrogen (secondary N) is 1. The third kappa shape index (κ3) is 1.62. The quantitative estimate of drug-likeness (QED) is 0.732. The minimum absolute atomic E-state index is 0.227. The van der Waals surface area contributed by atoms with Crippen LogP contribution in [0.2, 0.25) is 0 Å². The van der Waals surface area contributed by atoms with E-state index in [4.69, 9.17) is 0 Å². The number of pyridine rings is 1. The van der Waals surface area contributed by atoms with Gasteiger partial charge in [-0.25, -0.2) is 4.98 Å². The molecule has 96 valence electrons. The molecule has 0 bridgehead atoms. The van der Waals surface area contributed by atoms with Gasteiger partial charge in [0.1, 0.15) is 22.9 Å². The Labute approximate surface area is 110 Å². The van der Waals surface area contributed by atoms with Crippen LogP contribution in [0.5, 0.6) is 0 Å². The number of aromatic nitrogens is 3. The fraction of sp³-hybridized carbons (Fsp3) is 0.286. The molecule has 0 saturated heterocycles. The van der Waals surface area contributed by atoms with Crippen LogP contribution >= 0.6 is 0 Å². The molecule has 1 aliphatic rings. The van der Waals surface area contributed by atoms with Gasteiger partial charge in [-0.3, -0.25) is 14.6 Å². The van der Waals surface area contributed by atoms with Crippen molar-refractivity contribution in [3.05, 3.63) is 35.4 Å². The first-order valence-corrected chi connectivity index (χ1v) is 6.04. The van der Waals surface area contributed by atoms with Gasteiger partial charge in [-0.1, -0.05) is 20.8 Å². The molecule has 0 unspecified atom stereocenters. The van der Waals surface area contributed by atoms with Gasteiger partial charge in [0.15, 0.2) is 0 Å². The number of nitrogens with zero attached hydrogens (tertiary/aromatic N) is 2. The molecule has 0 atom stereocenters. The lowest BCUT2D eigenvalue weighted by Crippen LogP contribution is -2.22. The van der Waals surface area contributed by atoms with Crippen molar-refractivity contribution < 1.29 is 9.59 Å². The first-order chi connectivity index (χ1) is 8.89. The Bertz CT molecular complexity index is 708. The summed E-state index contributed by atoms with van der Waals surface area (Å²) in [5.41, 5.74) is 1.31. The van der Waals surface area contributed by atoms with Crippen molar-refractivity contribution in [1.82, 2.24) is 15.0 Å². The van der Waals surface area contributed by atoms with E-state index >= 15 is 0 Å². The molecule has 5 heteroatoms.